The summed E-state index contributed by atoms with van der Waals surface area (Å²) in [5.74, 6) is -1.70. The van der Waals surface area contributed by atoms with Crippen molar-refractivity contribution >= 4 is 34.8 Å². The van der Waals surface area contributed by atoms with Crippen LogP contribution in [0.4, 0.5) is 4.79 Å². The first kappa shape index (κ1) is 44.3. The van der Waals surface area contributed by atoms with Crippen LogP contribution in [0.1, 0.15) is 92.9 Å². The fourth-order valence-corrected chi connectivity index (χ4v) is 8.97. The van der Waals surface area contributed by atoms with Crippen LogP contribution in [0, 0.1) is 5.92 Å². The lowest BCUT2D eigenvalue weighted by atomic mass is 9.68. The number of aromatic carboxylic acids is 1. The summed E-state index contributed by atoms with van der Waals surface area (Å²) in [7, 11) is 1.64. The molecule has 2 saturated heterocycles. The van der Waals surface area contributed by atoms with Gasteiger partial charge in [0.2, 0.25) is 5.91 Å². The Balaban J connectivity index is 0.808. The molecule has 3 fully saturated rings. The predicted molar refractivity (Wildman–Crippen MR) is 229 cm³/mol. The third-order valence-corrected chi connectivity index (χ3v) is 12.3. The monoisotopic (exact) mass is 853 g/mol. The van der Waals surface area contributed by atoms with Crippen LogP contribution in [0.5, 0.6) is 5.75 Å². The number of epoxide rings is 2. The van der Waals surface area contributed by atoms with E-state index in [1.807, 2.05) is 0 Å². The highest BCUT2D eigenvalue weighted by Gasteiger charge is 2.72. The Morgan fingerprint density at radius 3 is 2.42 bits per heavy atom. The Kier molecular flexibility index (Phi) is 13.3. The van der Waals surface area contributed by atoms with E-state index in [-0.39, 0.29) is 63.3 Å². The summed E-state index contributed by atoms with van der Waals surface area (Å²) < 4.78 is 29.9. The highest BCUT2D eigenvalue weighted by Crippen LogP contribution is 2.59. The molecule has 1 saturated carbocycles. The number of benzene rings is 3. The summed E-state index contributed by atoms with van der Waals surface area (Å²) >= 11 is 0. The van der Waals surface area contributed by atoms with Gasteiger partial charge in [-0.25, -0.2) is 9.59 Å². The van der Waals surface area contributed by atoms with Crippen molar-refractivity contribution in [3.8, 4) is 28.2 Å². The number of aromatic hydroxyl groups is 1. The minimum absolute atomic E-state index is 0.0595. The van der Waals surface area contributed by atoms with Gasteiger partial charge in [-0.15, -0.1) is 0 Å². The molecule has 2 aromatic carbocycles. The number of unbranched alkanes of at least 4 members (excludes halogenated alkanes) is 2. The lowest BCUT2D eigenvalue weighted by Crippen LogP contribution is -2.56. The molecule has 2 aromatic rings. The number of phenols is 1. The lowest BCUT2D eigenvalue weighted by Gasteiger charge is -2.42. The molecule has 15 nitrogen and oxygen atoms in total. The van der Waals surface area contributed by atoms with Crippen LogP contribution in [0.2, 0.25) is 0 Å². The van der Waals surface area contributed by atoms with Gasteiger partial charge >= 0.3 is 12.1 Å². The number of hydrogen-bond acceptors (Lipinski definition) is 11. The number of carboxylic acids is 1. The number of rotatable bonds is 18. The van der Waals surface area contributed by atoms with Crippen molar-refractivity contribution in [2.45, 2.75) is 102 Å². The van der Waals surface area contributed by atoms with Crippen molar-refractivity contribution in [2.24, 2.45) is 5.92 Å². The van der Waals surface area contributed by atoms with Crippen LogP contribution in [-0.4, -0.2) is 97.0 Å². The molecule has 5 N–H and O–H groups in total. The Morgan fingerprint density at radius 2 is 1.68 bits per heavy atom. The summed E-state index contributed by atoms with van der Waals surface area (Å²) in [5.41, 5.74) is 1.82. The third kappa shape index (κ3) is 9.80. The van der Waals surface area contributed by atoms with E-state index in [1.165, 1.54) is 42.0 Å². The van der Waals surface area contributed by atoms with E-state index in [2.05, 4.69) is 42.8 Å². The molecule has 6 atom stereocenters. The lowest BCUT2D eigenvalue weighted by molar-refractivity contribution is -0.121. The van der Waals surface area contributed by atoms with Crippen molar-refractivity contribution in [1.29, 1.82) is 0 Å². The zero-order chi connectivity index (χ0) is 44.2. The molecular weight excluding hydrogens is 799 g/mol. The summed E-state index contributed by atoms with van der Waals surface area (Å²) in [6, 6.07) is 13.1. The topological polar surface area (TPSA) is 219 Å². The Hall–Kier alpha value is -5.77. The van der Waals surface area contributed by atoms with Crippen LogP contribution >= 0.6 is 0 Å². The molecule has 0 bridgehead atoms. The van der Waals surface area contributed by atoms with E-state index in [0.29, 0.717) is 86.8 Å². The smallest absolute Gasteiger partial charge is 0.407 e. The zero-order valence-corrected chi connectivity index (χ0v) is 35.5. The third-order valence-electron chi connectivity index (χ3n) is 12.3. The van der Waals surface area contributed by atoms with Gasteiger partial charge in [-0.3, -0.25) is 14.4 Å². The van der Waals surface area contributed by atoms with E-state index in [0.717, 1.165) is 12.8 Å². The predicted octanol–water partition coefficient (Wildman–Crippen LogP) is 6.57. The molecule has 330 valence electrons. The number of carbonyl (C=O) groups is 4. The maximum Gasteiger partial charge on any atom is 0.407 e. The van der Waals surface area contributed by atoms with Gasteiger partial charge in [0.1, 0.15) is 40.5 Å². The van der Waals surface area contributed by atoms with E-state index in [1.54, 1.807) is 25.3 Å². The normalized spacial score (nSPS) is 23.7. The number of phenolic OH excluding ortho intramolecular Hbond substituents is 1. The van der Waals surface area contributed by atoms with Crippen molar-refractivity contribution < 1.29 is 52.8 Å². The SMILES string of the molecule is CO[C@@H]1[C@H](OC(=O)NCCCNC(=O)CCCCCNC(=O)c2ccc(-c3c4ccc(=O)cc-4oc4cc(O)ccc34)c(C(=O)O)c2)CCC2(CO2)[C@H]1[C@@]1(C)O[C@@H]1CC=C(C)C. The molecule has 3 aliphatic heterocycles. The number of alkyl carbamates (subject to hydrolysis) is 1. The van der Waals surface area contributed by atoms with Crippen LogP contribution in [0.3, 0.4) is 0 Å². The van der Waals surface area contributed by atoms with Crippen molar-refractivity contribution in [1.82, 2.24) is 16.0 Å². The first-order valence-electron chi connectivity index (χ1n) is 21.3. The second-order valence-corrected chi connectivity index (χ2v) is 16.9. The largest absolute Gasteiger partial charge is 0.508 e. The minimum Gasteiger partial charge on any atom is -0.508 e. The highest BCUT2D eigenvalue weighted by molar-refractivity contribution is 6.09. The number of carboxylic acid groups (broad SMARTS) is 1. The number of nitrogens with one attached hydrogen (secondary N) is 3. The van der Waals surface area contributed by atoms with E-state index in [4.69, 9.17) is 23.4 Å². The molecule has 2 aliphatic carbocycles. The fourth-order valence-electron chi connectivity index (χ4n) is 8.97. The van der Waals surface area contributed by atoms with Gasteiger partial charge in [0, 0.05) is 67.4 Å². The van der Waals surface area contributed by atoms with Gasteiger partial charge < -0.3 is 49.5 Å². The first-order valence-corrected chi connectivity index (χ1v) is 21.3. The zero-order valence-electron chi connectivity index (χ0n) is 35.5. The number of allylic oxidation sites excluding steroid dienone is 1. The molecule has 15 heteroatoms. The first-order chi connectivity index (χ1) is 29.7. The number of ether oxygens (including phenoxy) is 4. The average molecular weight is 854 g/mol. The van der Waals surface area contributed by atoms with E-state index >= 15 is 0 Å². The summed E-state index contributed by atoms with van der Waals surface area (Å²) in [4.78, 5) is 63.0. The Morgan fingerprint density at radius 1 is 0.919 bits per heavy atom. The number of hydrogen-bond donors (Lipinski definition) is 5. The molecule has 1 spiro atoms. The Bertz CT molecular complexity index is 2380. The molecule has 5 aliphatic rings. The van der Waals surface area contributed by atoms with Crippen LogP contribution < -0.4 is 21.4 Å². The molecule has 1 unspecified atom stereocenters. The number of amides is 3. The van der Waals surface area contributed by atoms with Crippen LogP contribution in [-0.2, 0) is 23.7 Å². The second kappa shape index (κ2) is 18.7. The fraction of sp³-hybridized carbons (Fsp3) is 0.468. The molecule has 3 heterocycles. The minimum atomic E-state index is -1.25. The van der Waals surface area contributed by atoms with E-state index < -0.39 is 29.7 Å². The standard InChI is InChI=1S/C47H55N3O12/c1-27(2)10-17-38-46(3,62-38)42-41(58-4)35(18-19-47(42)26-59-47)61-45(57)50-22-8-21-48-39(53)9-6-5-7-20-49-43(54)28-11-14-31(34(23-28)44(55)56)40-32-15-12-29(51)24-36(32)60-37-25-30(52)13-16-33(37)40/h10-16,23-25,35,38,41-42,51H,5-9,17-22,26H2,1-4H3,(H,48,53)(H,49,54)(H,50,57)(H,55,56)/t35-,38-,41-,42-,46+,47?/m1/s1. The van der Waals surface area contributed by atoms with E-state index in [9.17, 15) is 34.2 Å². The summed E-state index contributed by atoms with van der Waals surface area (Å²) in [6.07, 6.45) is 5.84. The maximum absolute atomic E-state index is 13.1. The van der Waals surface area contributed by atoms with Crippen LogP contribution in [0.25, 0.3) is 33.4 Å². The Labute approximate surface area is 359 Å². The van der Waals surface area contributed by atoms with Crippen LogP contribution in [0.15, 0.2) is 75.5 Å². The van der Waals surface area contributed by atoms with Crippen molar-refractivity contribution in [3.05, 3.63) is 87.6 Å². The molecule has 0 aromatic heterocycles. The molecule has 7 rings (SSSR count). The molecule has 62 heavy (non-hydrogen) atoms. The van der Waals surface area contributed by atoms with Crippen molar-refractivity contribution in [3.63, 3.8) is 0 Å². The highest BCUT2D eigenvalue weighted by atomic mass is 16.6. The van der Waals surface area contributed by atoms with Gasteiger partial charge in [0.25, 0.3) is 5.91 Å². The van der Waals surface area contributed by atoms with Crippen molar-refractivity contribution in [2.75, 3.05) is 33.4 Å². The molecule has 3 amide bonds. The molecular formula is C47H55N3O12. The average Bonchev–Trinajstić information content (AvgIpc) is 4.16. The van der Waals surface area contributed by atoms with Gasteiger partial charge in [-0.2, -0.15) is 0 Å². The maximum atomic E-state index is 13.1. The summed E-state index contributed by atoms with van der Waals surface area (Å²) in [5, 5.41) is 29.3. The van der Waals surface area contributed by atoms with Gasteiger partial charge in [-0.1, -0.05) is 24.1 Å². The second-order valence-electron chi connectivity index (χ2n) is 16.9. The summed E-state index contributed by atoms with van der Waals surface area (Å²) in [6.45, 7) is 7.93. The van der Waals surface area contributed by atoms with Gasteiger partial charge in [0.15, 0.2) is 5.43 Å². The quantitative estimate of drug-likeness (QED) is 0.0311. The van der Waals surface area contributed by atoms with Gasteiger partial charge in [-0.05, 0) is 101 Å². The molecule has 0 radical (unpaired) electrons. The van der Waals surface area contributed by atoms with Gasteiger partial charge in [0.05, 0.1) is 24.2 Å². The number of carbonyl (C=O) groups excluding carboxylic acids is 3. The number of fused-ring (bicyclic) bond motifs is 2. The number of methoxy groups -OCH3 is 1.